The Kier molecular flexibility index (Phi) is 6.33. The molecule has 176 valence electrons. The third-order valence-corrected chi connectivity index (χ3v) is 6.71. The van der Waals surface area contributed by atoms with E-state index in [1.807, 2.05) is 42.7 Å². The summed E-state index contributed by atoms with van der Waals surface area (Å²) >= 11 is 6.37. The molecule has 2 aromatic heterocycles. The molecule has 0 aliphatic carbocycles. The van der Waals surface area contributed by atoms with Gasteiger partial charge in [0.25, 0.3) is 0 Å². The van der Waals surface area contributed by atoms with Crippen LogP contribution in [0.3, 0.4) is 0 Å². The van der Waals surface area contributed by atoms with E-state index in [9.17, 15) is 0 Å². The highest BCUT2D eigenvalue weighted by Gasteiger charge is 2.10. The van der Waals surface area contributed by atoms with E-state index in [1.165, 1.54) is 0 Å². The zero-order valence-electron chi connectivity index (χ0n) is 20.1. The van der Waals surface area contributed by atoms with Crippen LogP contribution in [0.25, 0.3) is 55.6 Å². The molecule has 0 amide bonds. The first-order valence-corrected chi connectivity index (χ1v) is 12.5. The van der Waals surface area contributed by atoms with Gasteiger partial charge in [0.15, 0.2) is 0 Å². The van der Waals surface area contributed by atoms with E-state index in [2.05, 4.69) is 94.9 Å². The number of pyridine rings is 2. The van der Waals surface area contributed by atoms with Gasteiger partial charge in [0.1, 0.15) is 0 Å². The second-order valence-corrected chi connectivity index (χ2v) is 9.39. The first kappa shape index (κ1) is 22.9. The second-order valence-electron chi connectivity index (χ2n) is 8.95. The summed E-state index contributed by atoms with van der Waals surface area (Å²) in [5, 5.41) is 0.724. The SMILES string of the molecule is Clc1cccc(-c2cc(-c3cccc(-c4cccnc4)c3)cc(-c3cccc(-c4cccnc4)c3)c2)c1. The summed E-state index contributed by atoms with van der Waals surface area (Å²) in [4.78, 5) is 8.59. The molecule has 0 unspecified atom stereocenters. The van der Waals surface area contributed by atoms with E-state index in [4.69, 9.17) is 11.6 Å². The molecule has 0 N–H and O–H groups in total. The van der Waals surface area contributed by atoms with Gasteiger partial charge in [0, 0.05) is 40.9 Å². The first-order valence-electron chi connectivity index (χ1n) is 12.2. The molecule has 0 bridgehead atoms. The highest BCUT2D eigenvalue weighted by molar-refractivity contribution is 6.30. The van der Waals surface area contributed by atoms with Crippen LogP contribution in [0.1, 0.15) is 0 Å². The minimum Gasteiger partial charge on any atom is -0.264 e. The van der Waals surface area contributed by atoms with Crippen molar-refractivity contribution in [3.8, 4) is 55.6 Å². The molecule has 6 rings (SSSR count). The Morgan fingerprint density at radius 2 is 0.703 bits per heavy atom. The van der Waals surface area contributed by atoms with Gasteiger partial charge in [-0.05, 0) is 99.1 Å². The van der Waals surface area contributed by atoms with Crippen molar-refractivity contribution in [3.63, 3.8) is 0 Å². The zero-order valence-corrected chi connectivity index (χ0v) is 20.8. The van der Waals surface area contributed by atoms with Gasteiger partial charge < -0.3 is 0 Å². The van der Waals surface area contributed by atoms with E-state index in [-0.39, 0.29) is 0 Å². The topological polar surface area (TPSA) is 25.8 Å². The van der Waals surface area contributed by atoms with Gasteiger partial charge in [0.2, 0.25) is 0 Å². The lowest BCUT2D eigenvalue weighted by Gasteiger charge is -2.13. The molecule has 0 fully saturated rings. The monoisotopic (exact) mass is 494 g/mol. The number of rotatable bonds is 5. The third-order valence-electron chi connectivity index (χ3n) is 6.47. The highest BCUT2D eigenvalue weighted by atomic mass is 35.5. The summed E-state index contributed by atoms with van der Waals surface area (Å²) < 4.78 is 0. The van der Waals surface area contributed by atoms with Crippen molar-refractivity contribution in [2.24, 2.45) is 0 Å². The molecule has 6 aromatic rings. The molecule has 0 saturated heterocycles. The molecule has 3 heteroatoms. The van der Waals surface area contributed by atoms with Crippen molar-refractivity contribution in [1.82, 2.24) is 9.97 Å². The average Bonchev–Trinajstić information content (AvgIpc) is 2.98. The Labute approximate surface area is 221 Å². The van der Waals surface area contributed by atoms with E-state index < -0.39 is 0 Å². The van der Waals surface area contributed by atoms with E-state index in [1.54, 1.807) is 12.4 Å². The molecule has 2 nitrogen and oxygen atoms in total. The van der Waals surface area contributed by atoms with Crippen LogP contribution in [0.5, 0.6) is 0 Å². The van der Waals surface area contributed by atoms with Crippen LogP contribution >= 0.6 is 11.6 Å². The number of hydrogen-bond donors (Lipinski definition) is 0. The highest BCUT2D eigenvalue weighted by Crippen LogP contribution is 2.36. The molecular formula is C34H23ClN2. The lowest BCUT2D eigenvalue weighted by Crippen LogP contribution is -1.88. The van der Waals surface area contributed by atoms with E-state index in [0.717, 1.165) is 60.7 Å². The van der Waals surface area contributed by atoms with Crippen molar-refractivity contribution in [2.75, 3.05) is 0 Å². The summed E-state index contributed by atoms with van der Waals surface area (Å²) in [6, 6.07) is 40.1. The fourth-order valence-electron chi connectivity index (χ4n) is 4.62. The van der Waals surface area contributed by atoms with Crippen molar-refractivity contribution in [1.29, 1.82) is 0 Å². The van der Waals surface area contributed by atoms with Gasteiger partial charge in [0.05, 0.1) is 0 Å². The zero-order chi connectivity index (χ0) is 25.0. The lowest BCUT2D eigenvalue weighted by atomic mass is 9.91. The number of aromatic nitrogens is 2. The second kappa shape index (κ2) is 10.2. The maximum atomic E-state index is 6.37. The maximum Gasteiger partial charge on any atom is 0.0412 e. The molecule has 0 atom stereocenters. The van der Waals surface area contributed by atoms with E-state index >= 15 is 0 Å². The maximum absolute atomic E-state index is 6.37. The van der Waals surface area contributed by atoms with Crippen molar-refractivity contribution in [3.05, 3.63) is 145 Å². The summed E-state index contributed by atoms with van der Waals surface area (Å²) in [6.45, 7) is 0. The first-order chi connectivity index (χ1) is 18.2. The molecule has 4 aromatic carbocycles. The molecule has 37 heavy (non-hydrogen) atoms. The number of hydrogen-bond acceptors (Lipinski definition) is 2. The molecule has 0 spiro atoms. The molecule has 0 saturated carbocycles. The number of nitrogens with zero attached hydrogens (tertiary/aromatic N) is 2. The Hall–Kier alpha value is -4.53. The Morgan fingerprint density at radius 3 is 1.11 bits per heavy atom. The molecule has 0 radical (unpaired) electrons. The Morgan fingerprint density at radius 1 is 0.351 bits per heavy atom. The predicted octanol–water partition coefficient (Wildman–Crippen LogP) is 9.46. The fourth-order valence-corrected chi connectivity index (χ4v) is 4.81. The predicted molar refractivity (Wildman–Crippen MR) is 154 cm³/mol. The summed E-state index contributed by atoms with van der Waals surface area (Å²) in [5.74, 6) is 0. The van der Waals surface area contributed by atoms with Crippen LogP contribution in [0.2, 0.25) is 5.02 Å². The quantitative estimate of drug-likeness (QED) is 0.238. The largest absolute Gasteiger partial charge is 0.264 e. The van der Waals surface area contributed by atoms with Gasteiger partial charge >= 0.3 is 0 Å². The van der Waals surface area contributed by atoms with E-state index in [0.29, 0.717) is 0 Å². The minimum absolute atomic E-state index is 0.724. The van der Waals surface area contributed by atoms with Gasteiger partial charge in [-0.1, -0.05) is 72.3 Å². The Bertz CT molecular complexity index is 1580. The van der Waals surface area contributed by atoms with Gasteiger partial charge in [-0.3, -0.25) is 9.97 Å². The summed E-state index contributed by atoms with van der Waals surface area (Å²) in [7, 11) is 0. The molecule has 0 aliphatic rings. The van der Waals surface area contributed by atoms with Crippen molar-refractivity contribution < 1.29 is 0 Å². The normalized spacial score (nSPS) is 10.8. The number of benzene rings is 4. The van der Waals surface area contributed by atoms with Crippen LogP contribution < -0.4 is 0 Å². The minimum atomic E-state index is 0.724. The molecule has 2 heterocycles. The summed E-state index contributed by atoms with van der Waals surface area (Å²) in [5.41, 5.74) is 11.3. The number of halogens is 1. The fraction of sp³-hybridized carbons (Fsp3) is 0. The van der Waals surface area contributed by atoms with Crippen LogP contribution in [0.15, 0.2) is 140 Å². The van der Waals surface area contributed by atoms with Crippen LogP contribution in [0.4, 0.5) is 0 Å². The van der Waals surface area contributed by atoms with Crippen LogP contribution in [-0.2, 0) is 0 Å². The van der Waals surface area contributed by atoms with Gasteiger partial charge in [-0.15, -0.1) is 0 Å². The van der Waals surface area contributed by atoms with Gasteiger partial charge in [-0.25, -0.2) is 0 Å². The average molecular weight is 495 g/mol. The Balaban J connectivity index is 1.51. The standard InChI is InChI=1S/C34H23ClN2/c35-34-13-3-10-28(21-34)33-19-31(26-8-1-6-24(16-26)29-11-4-14-36-22-29)18-32(20-33)27-9-2-7-25(17-27)30-12-5-15-37-23-30/h1-23H. The molecular weight excluding hydrogens is 472 g/mol. The van der Waals surface area contributed by atoms with Crippen LogP contribution in [-0.4, -0.2) is 9.97 Å². The van der Waals surface area contributed by atoms with Crippen LogP contribution in [0, 0.1) is 0 Å². The summed E-state index contributed by atoms with van der Waals surface area (Å²) in [6.07, 6.45) is 7.40. The smallest absolute Gasteiger partial charge is 0.0412 e. The van der Waals surface area contributed by atoms with Crippen molar-refractivity contribution >= 4 is 11.6 Å². The third kappa shape index (κ3) is 5.06. The molecule has 0 aliphatic heterocycles. The lowest BCUT2D eigenvalue weighted by molar-refractivity contribution is 1.33. The van der Waals surface area contributed by atoms with Gasteiger partial charge in [-0.2, -0.15) is 0 Å². The van der Waals surface area contributed by atoms with Crippen molar-refractivity contribution in [2.45, 2.75) is 0 Å².